The highest BCUT2D eigenvalue weighted by molar-refractivity contribution is 7.90. The van der Waals surface area contributed by atoms with E-state index < -0.39 is 16.1 Å². The highest BCUT2D eigenvalue weighted by Crippen LogP contribution is 2.38. The molecule has 0 spiro atoms. The fourth-order valence-electron chi connectivity index (χ4n) is 4.45. The second-order valence-corrected chi connectivity index (χ2v) is 10.4. The smallest absolute Gasteiger partial charge is 0.411 e. The van der Waals surface area contributed by atoms with E-state index in [-0.39, 0.29) is 5.25 Å². The van der Waals surface area contributed by atoms with Crippen molar-refractivity contribution in [1.29, 1.82) is 0 Å². The normalized spacial score (nSPS) is 19.9. The van der Waals surface area contributed by atoms with E-state index in [2.05, 4.69) is 34.1 Å². The second kappa shape index (κ2) is 7.72. The number of hydrogen-bond donors (Lipinski definition) is 1. The maximum absolute atomic E-state index is 12.4. The van der Waals surface area contributed by atoms with E-state index in [1.807, 2.05) is 24.3 Å². The van der Waals surface area contributed by atoms with Gasteiger partial charge in [0.1, 0.15) is 0 Å². The first kappa shape index (κ1) is 20.1. The molecule has 164 valence electrons. The minimum absolute atomic E-state index is 0.150. The zero-order chi connectivity index (χ0) is 21.6. The lowest BCUT2D eigenvalue weighted by Gasteiger charge is -2.37. The SMILES string of the molecule is O=C(O)N1CCN(c2ccc(N3CCN(S(=O)(=O)C4CC4)CC3)cc2)c2ccccc21. The summed E-state index contributed by atoms with van der Waals surface area (Å²) in [5, 5.41) is 9.34. The molecular weight excluding hydrogens is 416 g/mol. The molecule has 1 N–H and O–H groups in total. The van der Waals surface area contributed by atoms with Crippen LogP contribution in [0.1, 0.15) is 12.8 Å². The molecule has 2 aromatic rings. The van der Waals surface area contributed by atoms with Crippen LogP contribution in [0.5, 0.6) is 0 Å². The van der Waals surface area contributed by atoms with Crippen molar-refractivity contribution in [1.82, 2.24) is 4.31 Å². The minimum atomic E-state index is -3.10. The predicted octanol–water partition coefficient (Wildman–Crippen LogP) is 2.94. The molecule has 2 heterocycles. The number of anilines is 4. The molecule has 0 aromatic heterocycles. The molecule has 8 nitrogen and oxygen atoms in total. The molecule has 5 rings (SSSR count). The van der Waals surface area contributed by atoms with Crippen molar-refractivity contribution < 1.29 is 18.3 Å². The summed E-state index contributed by atoms with van der Waals surface area (Å²) in [4.78, 5) is 17.3. The Kier molecular flexibility index (Phi) is 5.02. The lowest BCUT2D eigenvalue weighted by Crippen LogP contribution is -2.49. The minimum Gasteiger partial charge on any atom is -0.465 e. The quantitative estimate of drug-likeness (QED) is 0.784. The van der Waals surface area contributed by atoms with E-state index in [0.717, 1.165) is 29.9 Å². The van der Waals surface area contributed by atoms with Gasteiger partial charge in [0.2, 0.25) is 10.0 Å². The van der Waals surface area contributed by atoms with E-state index >= 15 is 0 Å². The third kappa shape index (κ3) is 3.72. The lowest BCUT2D eigenvalue weighted by atomic mass is 10.1. The molecule has 2 aliphatic heterocycles. The van der Waals surface area contributed by atoms with Crippen LogP contribution in [-0.4, -0.2) is 68.4 Å². The van der Waals surface area contributed by atoms with Gasteiger partial charge in [0.15, 0.2) is 0 Å². The molecular formula is C22H26N4O4S. The number of para-hydroxylation sites is 2. The summed E-state index contributed by atoms with van der Waals surface area (Å²) < 4.78 is 26.5. The fraction of sp³-hybridized carbons (Fsp3) is 0.409. The van der Waals surface area contributed by atoms with Crippen LogP contribution in [0.15, 0.2) is 48.5 Å². The van der Waals surface area contributed by atoms with Gasteiger partial charge in [-0.1, -0.05) is 12.1 Å². The summed E-state index contributed by atoms with van der Waals surface area (Å²) >= 11 is 0. The number of nitrogens with zero attached hydrogens (tertiary/aromatic N) is 4. The number of amides is 1. The van der Waals surface area contributed by atoms with Gasteiger partial charge in [-0.25, -0.2) is 13.2 Å². The van der Waals surface area contributed by atoms with E-state index in [4.69, 9.17) is 0 Å². The van der Waals surface area contributed by atoms with Crippen molar-refractivity contribution >= 4 is 38.9 Å². The Hall–Kier alpha value is -2.78. The zero-order valence-corrected chi connectivity index (χ0v) is 18.0. The third-order valence-electron chi connectivity index (χ3n) is 6.31. The number of hydrogen-bond acceptors (Lipinski definition) is 5. The first-order valence-electron chi connectivity index (χ1n) is 10.7. The maximum Gasteiger partial charge on any atom is 0.411 e. The van der Waals surface area contributed by atoms with E-state index in [1.165, 1.54) is 4.90 Å². The average molecular weight is 443 g/mol. The van der Waals surface area contributed by atoms with E-state index in [9.17, 15) is 18.3 Å². The molecule has 1 saturated heterocycles. The summed E-state index contributed by atoms with van der Waals surface area (Å²) in [5.74, 6) is 0. The first-order valence-corrected chi connectivity index (χ1v) is 12.2. The van der Waals surface area contributed by atoms with E-state index in [0.29, 0.717) is 45.0 Å². The second-order valence-electron chi connectivity index (χ2n) is 8.22. The van der Waals surface area contributed by atoms with Gasteiger partial charge in [0.05, 0.1) is 16.6 Å². The van der Waals surface area contributed by atoms with Gasteiger partial charge in [-0.15, -0.1) is 0 Å². The van der Waals surface area contributed by atoms with Crippen LogP contribution in [0.4, 0.5) is 27.5 Å². The Morgan fingerprint density at radius 3 is 2.03 bits per heavy atom. The van der Waals surface area contributed by atoms with Crippen molar-refractivity contribution in [3.8, 4) is 0 Å². The molecule has 0 bridgehead atoms. The molecule has 31 heavy (non-hydrogen) atoms. The molecule has 9 heteroatoms. The fourth-order valence-corrected chi connectivity index (χ4v) is 6.28. The number of carbonyl (C=O) groups is 1. The molecule has 0 radical (unpaired) electrons. The number of rotatable bonds is 4. The summed E-state index contributed by atoms with van der Waals surface area (Å²) in [6.45, 7) is 3.43. The highest BCUT2D eigenvalue weighted by atomic mass is 32.2. The van der Waals surface area contributed by atoms with Gasteiger partial charge < -0.3 is 14.9 Å². The first-order chi connectivity index (χ1) is 14.9. The Balaban J connectivity index is 1.30. The lowest BCUT2D eigenvalue weighted by molar-refractivity contribution is 0.201. The number of piperazine rings is 1. The van der Waals surface area contributed by atoms with Crippen LogP contribution in [0.3, 0.4) is 0 Å². The average Bonchev–Trinajstić information content (AvgIpc) is 3.65. The van der Waals surface area contributed by atoms with Crippen molar-refractivity contribution in [3.63, 3.8) is 0 Å². The van der Waals surface area contributed by atoms with Crippen LogP contribution in [0, 0.1) is 0 Å². The summed E-state index contributed by atoms with van der Waals surface area (Å²) in [6, 6.07) is 15.8. The predicted molar refractivity (Wildman–Crippen MR) is 121 cm³/mol. The summed E-state index contributed by atoms with van der Waals surface area (Å²) in [6.07, 6.45) is 0.659. The Morgan fingerprint density at radius 1 is 0.806 bits per heavy atom. The number of benzene rings is 2. The van der Waals surface area contributed by atoms with Crippen molar-refractivity contribution in [2.24, 2.45) is 0 Å². The van der Waals surface area contributed by atoms with Crippen molar-refractivity contribution in [2.45, 2.75) is 18.1 Å². The Morgan fingerprint density at radius 2 is 1.42 bits per heavy atom. The number of carboxylic acid groups (broad SMARTS) is 1. The van der Waals surface area contributed by atoms with Crippen LogP contribution in [0.2, 0.25) is 0 Å². The number of fused-ring (bicyclic) bond motifs is 1. The van der Waals surface area contributed by atoms with Gasteiger partial charge in [0, 0.05) is 50.6 Å². The van der Waals surface area contributed by atoms with Crippen LogP contribution < -0.4 is 14.7 Å². The van der Waals surface area contributed by atoms with Crippen molar-refractivity contribution in [3.05, 3.63) is 48.5 Å². The van der Waals surface area contributed by atoms with Gasteiger partial charge in [-0.2, -0.15) is 4.31 Å². The topological polar surface area (TPSA) is 84.4 Å². The highest BCUT2D eigenvalue weighted by Gasteiger charge is 2.41. The third-order valence-corrected chi connectivity index (χ3v) is 8.71. The van der Waals surface area contributed by atoms with E-state index in [1.54, 1.807) is 4.31 Å². The molecule has 3 aliphatic rings. The monoisotopic (exact) mass is 442 g/mol. The summed E-state index contributed by atoms with van der Waals surface area (Å²) in [5.41, 5.74) is 3.65. The van der Waals surface area contributed by atoms with Gasteiger partial charge in [0.25, 0.3) is 0 Å². The Labute approximate surface area is 182 Å². The largest absolute Gasteiger partial charge is 0.465 e. The molecule has 0 unspecified atom stereocenters. The van der Waals surface area contributed by atoms with Gasteiger partial charge in [-0.3, -0.25) is 4.90 Å². The molecule has 2 fully saturated rings. The summed E-state index contributed by atoms with van der Waals surface area (Å²) in [7, 11) is -3.10. The standard InChI is InChI=1S/C22H26N4O4S/c27-22(28)26-16-15-25(20-3-1-2-4-21(20)26)18-7-5-17(6-8-18)23-11-13-24(14-12-23)31(29,30)19-9-10-19/h1-8,19H,9-16H2,(H,27,28). The number of sulfonamides is 1. The van der Waals surface area contributed by atoms with Crippen molar-refractivity contribution in [2.75, 3.05) is 54.0 Å². The molecule has 1 saturated carbocycles. The molecule has 2 aromatic carbocycles. The van der Waals surface area contributed by atoms with Crippen LogP contribution in [-0.2, 0) is 10.0 Å². The maximum atomic E-state index is 12.4. The van der Waals surface area contributed by atoms with Gasteiger partial charge >= 0.3 is 6.09 Å². The van der Waals surface area contributed by atoms with Gasteiger partial charge in [-0.05, 0) is 49.2 Å². The zero-order valence-electron chi connectivity index (χ0n) is 17.2. The molecule has 1 amide bonds. The molecule has 0 atom stereocenters. The Bertz CT molecular complexity index is 1080. The molecule has 1 aliphatic carbocycles. The van der Waals surface area contributed by atoms with Crippen LogP contribution >= 0.6 is 0 Å². The van der Waals surface area contributed by atoms with Crippen LogP contribution in [0.25, 0.3) is 0 Å².